The Hall–Kier alpha value is -1.88. The number of rotatable bonds is 3. The summed E-state index contributed by atoms with van der Waals surface area (Å²) in [6.07, 6.45) is 3.45. The van der Waals surface area contributed by atoms with Crippen LogP contribution < -0.4 is 0 Å². The van der Waals surface area contributed by atoms with Crippen LogP contribution in [0.15, 0.2) is 28.8 Å². The molecule has 25 heavy (non-hydrogen) atoms. The Bertz CT molecular complexity index is 734. The summed E-state index contributed by atoms with van der Waals surface area (Å²) in [6.45, 7) is 6.98. The lowest BCUT2D eigenvalue weighted by atomic mass is 9.90. The maximum atomic E-state index is 12.7. The molecular formula is C19H24ClN3O2. The molecule has 1 aromatic carbocycles. The number of benzene rings is 1. The van der Waals surface area contributed by atoms with E-state index in [9.17, 15) is 4.79 Å². The monoisotopic (exact) mass is 361 g/mol. The number of carbonyl (C=O) groups excluding carboxylic acids is 1. The van der Waals surface area contributed by atoms with Crippen molar-refractivity contribution in [2.45, 2.75) is 52.5 Å². The van der Waals surface area contributed by atoms with Crippen molar-refractivity contribution in [3.63, 3.8) is 0 Å². The summed E-state index contributed by atoms with van der Waals surface area (Å²) in [6, 6.07) is 7.19. The number of halogens is 1. The zero-order valence-corrected chi connectivity index (χ0v) is 15.7. The van der Waals surface area contributed by atoms with E-state index < -0.39 is 0 Å². The molecule has 1 unspecified atom stereocenters. The number of amides is 1. The molecule has 0 aliphatic carbocycles. The minimum absolute atomic E-state index is 0.0393. The Kier molecular flexibility index (Phi) is 5.13. The molecule has 0 bridgehead atoms. The fourth-order valence-corrected chi connectivity index (χ4v) is 3.25. The molecule has 1 atom stereocenters. The van der Waals surface area contributed by atoms with E-state index in [-0.39, 0.29) is 17.4 Å². The van der Waals surface area contributed by atoms with Crippen LogP contribution in [-0.2, 0) is 4.79 Å². The average Bonchev–Trinajstić information content (AvgIpc) is 3.04. The molecule has 1 aromatic heterocycles. The Labute approximate surface area is 153 Å². The number of piperidine rings is 1. The second-order valence-electron chi connectivity index (χ2n) is 7.80. The van der Waals surface area contributed by atoms with Crippen LogP contribution in [-0.4, -0.2) is 27.5 Å². The van der Waals surface area contributed by atoms with Gasteiger partial charge in [-0.15, -0.1) is 0 Å². The molecule has 0 spiro atoms. The summed E-state index contributed by atoms with van der Waals surface area (Å²) < 4.78 is 5.51. The van der Waals surface area contributed by atoms with Crippen LogP contribution in [0.2, 0.25) is 5.02 Å². The Morgan fingerprint density at radius 3 is 2.68 bits per heavy atom. The second kappa shape index (κ2) is 7.16. The van der Waals surface area contributed by atoms with Crippen molar-refractivity contribution in [3.8, 4) is 11.4 Å². The van der Waals surface area contributed by atoms with Crippen LogP contribution in [0.4, 0.5) is 0 Å². The van der Waals surface area contributed by atoms with Crippen molar-refractivity contribution in [1.82, 2.24) is 15.0 Å². The number of aromatic nitrogens is 2. The molecule has 2 aromatic rings. The van der Waals surface area contributed by atoms with Crippen molar-refractivity contribution < 1.29 is 9.32 Å². The first-order valence-electron chi connectivity index (χ1n) is 8.72. The predicted octanol–water partition coefficient (Wildman–Crippen LogP) is 4.88. The number of hydrogen-bond acceptors (Lipinski definition) is 4. The van der Waals surface area contributed by atoms with Crippen LogP contribution in [0.5, 0.6) is 0 Å². The maximum absolute atomic E-state index is 12.7. The lowest BCUT2D eigenvalue weighted by Gasteiger charge is -2.35. The Balaban J connectivity index is 1.81. The van der Waals surface area contributed by atoms with Gasteiger partial charge in [0.15, 0.2) is 0 Å². The SMILES string of the molecule is CC(C)(C)CC(=O)N1CCCCC1c1nc(-c2ccc(Cl)cc2)no1. The highest BCUT2D eigenvalue weighted by atomic mass is 35.5. The molecular weight excluding hydrogens is 338 g/mol. The van der Waals surface area contributed by atoms with Crippen LogP contribution in [0, 0.1) is 5.41 Å². The second-order valence-corrected chi connectivity index (χ2v) is 8.24. The summed E-state index contributed by atoms with van der Waals surface area (Å²) in [5.41, 5.74) is 0.810. The van der Waals surface area contributed by atoms with Gasteiger partial charge in [-0.05, 0) is 48.9 Å². The molecule has 2 heterocycles. The van der Waals surface area contributed by atoms with Crippen molar-refractivity contribution in [3.05, 3.63) is 35.2 Å². The van der Waals surface area contributed by atoms with Crippen molar-refractivity contribution in [1.29, 1.82) is 0 Å². The van der Waals surface area contributed by atoms with Gasteiger partial charge < -0.3 is 9.42 Å². The van der Waals surface area contributed by atoms with Crippen LogP contribution in [0.1, 0.15) is 58.4 Å². The van der Waals surface area contributed by atoms with Crippen molar-refractivity contribution >= 4 is 17.5 Å². The molecule has 0 radical (unpaired) electrons. The molecule has 0 N–H and O–H groups in total. The van der Waals surface area contributed by atoms with E-state index in [0.29, 0.717) is 23.2 Å². The molecule has 5 nitrogen and oxygen atoms in total. The van der Waals surface area contributed by atoms with Gasteiger partial charge in [-0.3, -0.25) is 4.79 Å². The zero-order chi connectivity index (χ0) is 18.0. The fraction of sp³-hybridized carbons (Fsp3) is 0.526. The number of hydrogen-bond donors (Lipinski definition) is 0. The van der Waals surface area contributed by atoms with Crippen molar-refractivity contribution in [2.75, 3.05) is 6.54 Å². The first-order chi connectivity index (χ1) is 11.8. The highest BCUT2D eigenvalue weighted by Crippen LogP contribution is 2.33. The lowest BCUT2D eigenvalue weighted by molar-refractivity contribution is -0.137. The minimum Gasteiger partial charge on any atom is -0.337 e. The first kappa shape index (κ1) is 17.9. The third-order valence-electron chi connectivity index (χ3n) is 4.33. The van der Waals surface area contributed by atoms with Crippen LogP contribution in [0.3, 0.4) is 0 Å². The molecule has 1 fully saturated rings. The third kappa shape index (κ3) is 4.40. The van der Waals surface area contributed by atoms with Crippen LogP contribution >= 0.6 is 11.6 Å². The van der Waals surface area contributed by atoms with Gasteiger partial charge in [-0.1, -0.05) is 37.5 Å². The highest BCUT2D eigenvalue weighted by Gasteiger charge is 2.33. The number of carbonyl (C=O) groups is 1. The number of nitrogens with zero attached hydrogens (tertiary/aromatic N) is 3. The maximum Gasteiger partial charge on any atom is 0.249 e. The molecule has 0 saturated carbocycles. The van der Waals surface area contributed by atoms with E-state index in [1.165, 1.54) is 0 Å². The van der Waals surface area contributed by atoms with E-state index in [4.69, 9.17) is 16.1 Å². The largest absolute Gasteiger partial charge is 0.337 e. The van der Waals surface area contributed by atoms with Gasteiger partial charge in [-0.2, -0.15) is 4.98 Å². The summed E-state index contributed by atoms with van der Waals surface area (Å²) >= 11 is 5.92. The van der Waals surface area contributed by atoms with Crippen molar-refractivity contribution in [2.24, 2.45) is 5.41 Å². The lowest BCUT2D eigenvalue weighted by Crippen LogP contribution is -2.40. The third-order valence-corrected chi connectivity index (χ3v) is 4.59. The number of likely N-dealkylation sites (tertiary alicyclic amines) is 1. The van der Waals surface area contributed by atoms with E-state index >= 15 is 0 Å². The molecule has 1 amide bonds. The fourth-order valence-electron chi connectivity index (χ4n) is 3.13. The quantitative estimate of drug-likeness (QED) is 0.781. The van der Waals surface area contributed by atoms with E-state index in [0.717, 1.165) is 31.4 Å². The highest BCUT2D eigenvalue weighted by molar-refractivity contribution is 6.30. The standard InChI is InChI=1S/C19H24ClN3O2/c1-19(2,3)12-16(24)23-11-5-4-6-15(23)18-21-17(22-25-18)13-7-9-14(20)10-8-13/h7-10,15H,4-6,11-12H2,1-3H3. The summed E-state index contributed by atoms with van der Waals surface area (Å²) in [5, 5.41) is 4.76. The Morgan fingerprint density at radius 2 is 2.00 bits per heavy atom. The van der Waals surface area contributed by atoms with Gasteiger partial charge in [0, 0.05) is 23.6 Å². The first-order valence-corrected chi connectivity index (χ1v) is 9.10. The van der Waals surface area contributed by atoms with Gasteiger partial charge >= 0.3 is 0 Å². The zero-order valence-electron chi connectivity index (χ0n) is 15.0. The van der Waals surface area contributed by atoms with E-state index in [1.807, 2.05) is 17.0 Å². The minimum atomic E-state index is -0.128. The molecule has 134 valence electrons. The normalized spacial score (nSPS) is 18.4. The van der Waals surface area contributed by atoms with Crippen LogP contribution in [0.25, 0.3) is 11.4 Å². The van der Waals surface area contributed by atoms with Gasteiger partial charge in [0.2, 0.25) is 17.6 Å². The average molecular weight is 362 g/mol. The summed E-state index contributed by atoms with van der Waals surface area (Å²) in [7, 11) is 0. The van der Waals surface area contributed by atoms with E-state index in [2.05, 4.69) is 30.9 Å². The smallest absolute Gasteiger partial charge is 0.249 e. The summed E-state index contributed by atoms with van der Waals surface area (Å²) in [4.78, 5) is 19.2. The molecule has 6 heteroatoms. The topological polar surface area (TPSA) is 59.2 Å². The Morgan fingerprint density at radius 1 is 1.28 bits per heavy atom. The molecule has 1 aliphatic rings. The van der Waals surface area contributed by atoms with Gasteiger partial charge in [0.25, 0.3) is 0 Å². The molecule has 1 aliphatic heterocycles. The molecule has 3 rings (SSSR count). The molecule has 1 saturated heterocycles. The van der Waals surface area contributed by atoms with Gasteiger partial charge in [0.05, 0.1) is 0 Å². The van der Waals surface area contributed by atoms with Gasteiger partial charge in [-0.25, -0.2) is 0 Å². The summed E-state index contributed by atoms with van der Waals surface area (Å²) in [5.74, 6) is 1.20. The predicted molar refractivity (Wildman–Crippen MR) is 97.1 cm³/mol. The van der Waals surface area contributed by atoms with E-state index in [1.54, 1.807) is 12.1 Å². The van der Waals surface area contributed by atoms with Gasteiger partial charge in [0.1, 0.15) is 6.04 Å².